The maximum absolute atomic E-state index is 10.4. The minimum Gasteiger partial charge on any atom is -0.387 e. The molecule has 0 radical (unpaired) electrons. The van der Waals surface area contributed by atoms with E-state index < -0.39 is 5.60 Å². The molecule has 1 aliphatic carbocycles. The number of aliphatic imine (C=N–C) groups is 1. The second kappa shape index (κ2) is 8.39. The van der Waals surface area contributed by atoms with Gasteiger partial charge in [0.1, 0.15) is 0 Å². The highest BCUT2D eigenvalue weighted by Gasteiger charge is 2.33. The molecule has 0 bridgehead atoms. The zero-order chi connectivity index (χ0) is 14.7. The molecule has 22 heavy (non-hydrogen) atoms. The number of rotatable bonds is 4. The molecule has 2 heterocycles. The molecule has 3 N–H and O–H groups in total. The SMILES string of the molecule is CN=C(NCC1(O)CCSC1)NC1CCN(C2CC2)CC1.I. The Hall–Kier alpha value is 0.270. The lowest BCUT2D eigenvalue weighted by atomic mass is 10.0. The first-order chi connectivity index (χ1) is 10.2. The van der Waals surface area contributed by atoms with Crippen molar-refractivity contribution >= 4 is 41.7 Å². The number of hydrogen-bond acceptors (Lipinski definition) is 4. The van der Waals surface area contributed by atoms with Crippen LogP contribution in [0.15, 0.2) is 4.99 Å². The standard InChI is InChI=1S/C15H28N4OS.HI/c1-16-14(17-10-15(20)6-9-21-11-15)18-12-4-7-19(8-5-12)13-2-3-13;/h12-13,20H,2-11H2,1H3,(H2,16,17,18);1H. The Morgan fingerprint density at radius 1 is 1.32 bits per heavy atom. The van der Waals surface area contributed by atoms with Crippen LogP contribution in [0.1, 0.15) is 32.1 Å². The Morgan fingerprint density at radius 2 is 2.05 bits per heavy atom. The van der Waals surface area contributed by atoms with E-state index >= 15 is 0 Å². The second-order valence-electron chi connectivity index (χ2n) is 6.64. The molecule has 128 valence electrons. The van der Waals surface area contributed by atoms with E-state index in [1.165, 1.54) is 38.8 Å². The van der Waals surface area contributed by atoms with Crippen molar-refractivity contribution in [3.8, 4) is 0 Å². The quantitative estimate of drug-likeness (QED) is 0.349. The molecule has 0 spiro atoms. The fourth-order valence-electron chi connectivity index (χ4n) is 3.22. The largest absolute Gasteiger partial charge is 0.387 e. The van der Waals surface area contributed by atoms with Gasteiger partial charge in [0.25, 0.3) is 0 Å². The van der Waals surface area contributed by atoms with Gasteiger partial charge in [0.15, 0.2) is 5.96 Å². The van der Waals surface area contributed by atoms with Crippen molar-refractivity contribution in [2.75, 3.05) is 38.2 Å². The number of likely N-dealkylation sites (tertiary alicyclic amines) is 1. The summed E-state index contributed by atoms with van der Waals surface area (Å²) >= 11 is 1.83. The fourth-order valence-corrected chi connectivity index (χ4v) is 4.52. The van der Waals surface area contributed by atoms with Crippen molar-refractivity contribution < 1.29 is 5.11 Å². The van der Waals surface area contributed by atoms with Gasteiger partial charge in [-0.3, -0.25) is 4.99 Å². The number of aliphatic hydroxyl groups is 1. The van der Waals surface area contributed by atoms with Crippen molar-refractivity contribution in [2.24, 2.45) is 4.99 Å². The normalized spacial score (nSPS) is 30.9. The molecule has 1 atom stereocenters. The van der Waals surface area contributed by atoms with E-state index in [-0.39, 0.29) is 24.0 Å². The fraction of sp³-hybridized carbons (Fsp3) is 0.933. The molecule has 5 nitrogen and oxygen atoms in total. The first kappa shape index (κ1) is 18.6. The average Bonchev–Trinajstić information content (AvgIpc) is 3.26. The summed E-state index contributed by atoms with van der Waals surface area (Å²) in [5.74, 6) is 2.73. The van der Waals surface area contributed by atoms with E-state index in [2.05, 4.69) is 20.5 Å². The van der Waals surface area contributed by atoms with Crippen LogP contribution in [0, 0.1) is 0 Å². The lowest BCUT2D eigenvalue weighted by Crippen LogP contribution is -2.52. The van der Waals surface area contributed by atoms with Crippen LogP contribution >= 0.6 is 35.7 Å². The average molecular weight is 440 g/mol. The Bertz CT molecular complexity index is 378. The third kappa shape index (κ3) is 5.14. The van der Waals surface area contributed by atoms with Crippen LogP contribution in [-0.4, -0.2) is 71.8 Å². The predicted molar refractivity (Wildman–Crippen MR) is 104 cm³/mol. The van der Waals surface area contributed by atoms with Crippen LogP contribution in [0.4, 0.5) is 0 Å². The van der Waals surface area contributed by atoms with Crippen molar-refractivity contribution in [2.45, 2.75) is 49.8 Å². The number of hydrogen-bond donors (Lipinski definition) is 3. The van der Waals surface area contributed by atoms with Gasteiger partial charge in [-0.15, -0.1) is 24.0 Å². The van der Waals surface area contributed by atoms with E-state index in [1.807, 2.05) is 18.8 Å². The van der Waals surface area contributed by atoms with Crippen LogP contribution < -0.4 is 10.6 Å². The molecule has 2 aliphatic heterocycles. The van der Waals surface area contributed by atoms with E-state index in [9.17, 15) is 5.11 Å². The topological polar surface area (TPSA) is 59.9 Å². The maximum Gasteiger partial charge on any atom is 0.191 e. The van der Waals surface area contributed by atoms with Gasteiger partial charge in [-0.05, 0) is 37.9 Å². The van der Waals surface area contributed by atoms with Gasteiger partial charge in [-0.1, -0.05) is 0 Å². The summed E-state index contributed by atoms with van der Waals surface area (Å²) in [6.45, 7) is 3.01. The van der Waals surface area contributed by atoms with Gasteiger partial charge < -0.3 is 20.6 Å². The molecule has 1 saturated carbocycles. The summed E-state index contributed by atoms with van der Waals surface area (Å²) in [4.78, 5) is 6.94. The van der Waals surface area contributed by atoms with Gasteiger partial charge in [0.05, 0.1) is 5.60 Å². The van der Waals surface area contributed by atoms with Crippen LogP contribution in [0.2, 0.25) is 0 Å². The summed E-state index contributed by atoms with van der Waals surface area (Å²) in [5, 5.41) is 17.2. The lowest BCUT2D eigenvalue weighted by molar-refractivity contribution is 0.0723. The summed E-state index contributed by atoms with van der Waals surface area (Å²) in [7, 11) is 1.81. The van der Waals surface area contributed by atoms with Gasteiger partial charge in [-0.2, -0.15) is 11.8 Å². The Morgan fingerprint density at radius 3 is 2.59 bits per heavy atom. The van der Waals surface area contributed by atoms with E-state index in [0.717, 1.165) is 29.9 Å². The van der Waals surface area contributed by atoms with Gasteiger partial charge in [0, 0.05) is 44.5 Å². The van der Waals surface area contributed by atoms with Crippen molar-refractivity contribution in [3.63, 3.8) is 0 Å². The highest BCUT2D eigenvalue weighted by molar-refractivity contribution is 14.0. The van der Waals surface area contributed by atoms with E-state index in [0.29, 0.717) is 12.6 Å². The summed E-state index contributed by atoms with van der Waals surface area (Å²) < 4.78 is 0. The van der Waals surface area contributed by atoms with E-state index in [4.69, 9.17) is 0 Å². The number of piperidine rings is 1. The Kier molecular flexibility index (Phi) is 7.10. The zero-order valence-electron chi connectivity index (χ0n) is 13.4. The third-order valence-corrected chi connectivity index (χ3v) is 6.06. The molecule has 1 unspecified atom stereocenters. The highest BCUT2D eigenvalue weighted by atomic mass is 127. The van der Waals surface area contributed by atoms with Crippen LogP contribution in [0.5, 0.6) is 0 Å². The molecule has 0 aromatic carbocycles. The third-order valence-electron chi connectivity index (χ3n) is 4.82. The Balaban J connectivity index is 0.00000176. The lowest BCUT2D eigenvalue weighted by Gasteiger charge is -2.33. The molecule has 7 heteroatoms. The molecule has 0 aromatic heterocycles. The van der Waals surface area contributed by atoms with Crippen LogP contribution in [-0.2, 0) is 0 Å². The minimum atomic E-state index is -0.558. The van der Waals surface area contributed by atoms with Gasteiger partial charge >= 0.3 is 0 Å². The number of nitrogens with zero attached hydrogens (tertiary/aromatic N) is 2. The monoisotopic (exact) mass is 440 g/mol. The van der Waals surface area contributed by atoms with Crippen LogP contribution in [0.25, 0.3) is 0 Å². The van der Waals surface area contributed by atoms with Gasteiger partial charge in [0.2, 0.25) is 0 Å². The molecule has 2 saturated heterocycles. The first-order valence-corrected chi connectivity index (χ1v) is 9.35. The van der Waals surface area contributed by atoms with Crippen molar-refractivity contribution in [3.05, 3.63) is 0 Å². The number of nitrogens with one attached hydrogen (secondary N) is 2. The molecular formula is C15H29IN4OS. The van der Waals surface area contributed by atoms with Crippen molar-refractivity contribution in [1.29, 1.82) is 0 Å². The zero-order valence-corrected chi connectivity index (χ0v) is 16.5. The maximum atomic E-state index is 10.4. The smallest absolute Gasteiger partial charge is 0.191 e. The molecule has 3 fully saturated rings. The first-order valence-electron chi connectivity index (χ1n) is 8.20. The molecule has 3 rings (SSSR count). The summed E-state index contributed by atoms with van der Waals surface area (Å²) in [6.07, 6.45) is 6.06. The van der Waals surface area contributed by atoms with Crippen LogP contribution in [0.3, 0.4) is 0 Å². The molecular weight excluding hydrogens is 411 g/mol. The highest BCUT2D eigenvalue weighted by Crippen LogP contribution is 2.29. The van der Waals surface area contributed by atoms with Crippen molar-refractivity contribution in [1.82, 2.24) is 15.5 Å². The minimum absolute atomic E-state index is 0. The summed E-state index contributed by atoms with van der Waals surface area (Å²) in [5.41, 5.74) is -0.558. The molecule has 3 aliphatic rings. The number of thioether (sulfide) groups is 1. The predicted octanol–water partition coefficient (Wildman–Crippen LogP) is 1.26. The molecule has 0 aromatic rings. The van der Waals surface area contributed by atoms with E-state index in [1.54, 1.807) is 0 Å². The number of guanidine groups is 1. The van der Waals surface area contributed by atoms with Gasteiger partial charge in [-0.25, -0.2) is 0 Å². The summed E-state index contributed by atoms with van der Waals surface area (Å²) in [6, 6.07) is 1.40. The molecule has 0 amide bonds. The Labute approximate surface area is 155 Å². The number of halogens is 1. The second-order valence-corrected chi connectivity index (χ2v) is 7.74.